The predicted molar refractivity (Wildman–Crippen MR) is 94.8 cm³/mol. The Morgan fingerprint density at radius 3 is 2.42 bits per heavy atom. The fraction of sp³-hybridized carbons (Fsp3) is 0.556. The molecule has 24 heavy (non-hydrogen) atoms. The van der Waals surface area contributed by atoms with Gasteiger partial charge in [0.2, 0.25) is 5.91 Å². The Morgan fingerprint density at radius 1 is 1.21 bits per heavy atom. The molecule has 1 amide bonds. The van der Waals surface area contributed by atoms with E-state index < -0.39 is 7.12 Å². The minimum atomic E-state index is -0.402. The molecule has 6 heteroatoms. The molecule has 0 unspecified atom stereocenters. The van der Waals surface area contributed by atoms with Crippen molar-refractivity contribution in [3.63, 3.8) is 0 Å². The second-order valence-corrected chi connectivity index (χ2v) is 7.54. The molecule has 0 spiro atoms. The molecular formula is C18H25BN2O3. The monoisotopic (exact) mass is 328 g/mol. The van der Waals surface area contributed by atoms with E-state index in [1.165, 1.54) is 5.57 Å². The summed E-state index contributed by atoms with van der Waals surface area (Å²) < 4.78 is 12.2. The van der Waals surface area contributed by atoms with Crippen LogP contribution < -0.4 is 5.46 Å². The SMILES string of the molecule is CC(=O)N1CC=C(c2cncc(B3OC(C)(C)C(C)(C)O3)c2)CC1. The van der Waals surface area contributed by atoms with Crippen molar-refractivity contribution in [3.8, 4) is 0 Å². The third-order valence-electron chi connectivity index (χ3n) is 5.31. The lowest BCUT2D eigenvalue weighted by atomic mass is 9.79. The van der Waals surface area contributed by atoms with Crippen LogP contribution in [0.4, 0.5) is 0 Å². The maximum Gasteiger partial charge on any atom is 0.496 e. The molecule has 2 aliphatic heterocycles. The molecule has 0 atom stereocenters. The summed E-state index contributed by atoms with van der Waals surface area (Å²) >= 11 is 0. The predicted octanol–water partition coefficient (Wildman–Crippen LogP) is 2.02. The van der Waals surface area contributed by atoms with Gasteiger partial charge in [-0.3, -0.25) is 9.78 Å². The lowest BCUT2D eigenvalue weighted by molar-refractivity contribution is -0.128. The number of aromatic nitrogens is 1. The highest BCUT2D eigenvalue weighted by Gasteiger charge is 2.51. The molecule has 1 aromatic heterocycles. The molecule has 0 bridgehead atoms. The van der Waals surface area contributed by atoms with Crippen molar-refractivity contribution < 1.29 is 14.1 Å². The number of nitrogens with zero attached hydrogens (tertiary/aromatic N) is 2. The first-order chi connectivity index (χ1) is 11.2. The Kier molecular flexibility index (Phi) is 4.30. The lowest BCUT2D eigenvalue weighted by Gasteiger charge is -2.32. The lowest BCUT2D eigenvalue weighted by Crippen LogP contribution is -2.41. The Bertz CT molecular complexity index is 669. The molecule has 0 aliphatic carbocycles. The van der Waals surface area contributed by atoms with Crippen molar-refractivity contribution in [2.45, 2.75) is 52.2 Å². The standard InChI is InChI=1S/C18H25BN2O3/c1-13(22)21-8-6-14(7-9-21)15-10-16(12-20-11-15)19-23-17(2,3)18(4,5)24-19/h6,10-12H,7-9H2,1-5H3. The number of carbonyl (C=O) groups excluding carboxylic acids is 1. The highest BCUT2D eigenvalue weighted by atomic mass is 16.7. The average molecular weight is 328 g/mol. The summed E-state index contributed by atoms with van der Waals surface area (Å²) in [6.07, 6.45) is 6.62. The Hall–Kier alpha value is -1.66. The van der Waals surface area contributed by atoms with E-state index in [4.69, 9.17) is 9.31 Å². The van der Waals surface area contributed by atoms with Crippen LogP contribution in [0.2, 0.25) is 0 Å². The number of pyridine rings is 1. The van der Waals surface area contributed by atoms with Crippen LogP contribution in [0.15, 0.2) is 24.5 Å². The van der Waals surface area contributed by atoms with Gasteiger partial charge in [-0.2, -0.15) is 0 Å². The number of hydrogen-bond donors (Lipinski definition) is 0. The number of amides is 1. The van der Waals surface area contributed by atoms with E-state index in [9.17, 15) is 4.79 Å². The second-order valence-electron chi connectivity index (χ2n) is 7.54. The minimum Gasteiger partial charge on any atom is -0.399 e. The van der Waals surface area contributed by atoms with Crippen molar-refractivity contribution >= 4 is 24.1 Å². The molecule has 2 aliphatic rings. The molecule has 0 aromatic carbocycles. The van der Waals surface area contributed by atoms with Gasteiger partial charge in [0, 0.05) is 37.9 Å². The largest absolute Gasteiger partial charge is 0.496 e. The van der Waals surface area contributed by atoms with Crippen molar-refractivity contribution in [3.05, 3.63) is 30.1 Å². The van der Waals surface area contributed by atoms with Crippen LogP contribution in [0, 0.1) is 0 Å². The number of rotatable bonds is 2. The van der Waals surface area contributed by atoms with Gasteiger partial charge in [0.25, 0.3) is 0 Å². The van der Waals surface area contributed by atoms with E-state index in [2.05, 4.69) is 17.1 Å². The van der Waals surface area contributed by atoms with E-state index in [0.717, 1.165) is 24.0 Å². The summed E-state index contributed by atoms with van der Waals surface area (Å²) in [5.41, 5.74) is 2.50. The van der Waals surface area contributed by atoms with E-state index in [1.54, 1.807) is 13.1 Å². The summed E-state index contributed by atoms with van der Waals surface area (Å²) in [6.45, 7) is 11.2. The first-order valence-electron chi connectivity index (χ1n) is 8.45. The van der Waals surface area contributed by atoms with Gasteiger partial charge < -0.3 is 14.2 Å². The van der Waals surface area contributed by atoms with E-state index in [-0.39, 0.29) is 17.1 Å². The highest BCUT2D eigenvalue weighted by Crippen LogP contribution is 2.36. The highest BCUT2D eigenvalue weighted by molar-refractivity contribution is 6.62. The van der Waals surface area contributed by atoms with Gasteiger partial charge in [-0.1, -0.05) is 12.1 Å². The van der Waals surface area contributed by atoms with Gasteiger partial charge in [0.1, 0.15) is 0 Å². The molecular weight excluding hydrogens is 303 g/mol. The number of carbonyl (C=O) groups is 1. The van der Waals surface area contributed by atoms with Gasteiger partial charge in [-0.05, 0) is 45.3 Å². The summed E-state index contributed by atoms with van der Waals surface area (Å²) in [5, 5.41) is 0. The van der Waals surface area contributed by atoms with Crippen LogP contribution in [0.5, 0.6) is 0 Å². The number of hydrogen-bond acceptors (Lipinski definition) is 4. The van der Waals surface area contributed by atoms with Crippen LogP contribution in [-0.2, 0) is 14.1 Å². The molecule has 0 N–H and O–H groups in total. The Labute approximate surface area is 144 Å². The third kappa shape index (κ3) is 3.13. The van der Waals surface area contributed by atoms with Crippen LogP contribution in [0.25, 0.3) is 5.57 Å². The van der Waals surface area contributed by atoms with Gasteiger partial charge >= 0.3 is 7.12 Å². The smallest absolute Gasteiger partial charge is 0.399 e. The van der Waals surface area contributed by atoms with Crippen LogP contribution in [0.3, 0.4) is 0 Å². The quantitative estimate of drug-likeness (QED) is 0.780. The van der Waals surface area contributed by atoms with Gasteiger partial charge in [0.05, 0.1) is 11.2 Å². The van der Waals surface area contributed by atoms with E-state index >= 15 is 0 Å². The maximum absolute atomic E-state index is 11.4. The second kappa shape index (κ2) is 6.01. The first-order valence-corrected chi connectivity index (χ1v) is 8.45. The average Bonchev–Trinajstić information content (AvgIpc) is 2.76. The summed E-state index contributed by atoms with van der Waals surface area (Å²) in [4.78, 5) is 17.7. The van der Waals surface area contributed by atoms with Crippen molar-refractivity contribution in [2.24, 2.45) is 0 Å². The molecule has 0 radical (unpaired) electrons. The molecule has 0 saturated carbocycles. The molecule has 3 heterocycles. The fourth-order valence-corrected chi connectivity index (χ4v) is 2.96. The third-order valence-corrected chi connectivity index (χ3v) is 5.31. The molecule has 1 aromatic rings. The van der Waals surface area contributed by atoms with Crippen LogP contribution >= 0.6 is 0 Å². The topological polar surface area (TPSA) is 51.7 Å². The van der Waals surface area contributed by atoms with E-state index in [0.29, 0.717) is 6.54 Å². The van der Waals surface area contributed by atoms with Gasteiger partial charge in [-0.15, -0.1) is 0 Å². The normalized spacial score (nSPS) is 22.5. The van der Waals surface area contributed by atoms with Crippen molar-refractivity contribution in [2.75, 3.05) is 13.1 Å². The zero-order valence-corrected chi connectivity index (χ0v) is 15.1. The summed E-state index contributed by atoms with van der Waals surface area (Å²) in [5.74, 6) is 0.120. The first kappa shape index (κ1) is 17.2. The van der Waals surface area contributed by atoms with Crippen LogP contribution in [-0.4, -0.2) is 47.2 Å². The molecule has 1 fully saturated rings. The molecule has 5 nitrogen and oxygen atoms in total. The van der Waals surface area contributed by atoms with Crippen molar-refractivity contribution in [1.82, 2.24) is 9.88 Å². The fourth-order valence-electron chi connectivity index (χ4n) is 2.96. The van der Waals surface area contributed by atoms with Gasteiger partial charge in [-0.25, -0.2) is 0 Å². The summed E-state index contributed by atoms with van der Waals surface area (Å²) in [6, 6.07) is 2.09. The van der Waals surface area contributed by atoms with Crippen molar-refractivity contribution in [1.29, 1.82) is 0 Å². The molecule has 128 valence electrons. The maximum atomic E-state index is 11.4. The zero-order valence-electron chi connectivity index (χ0n) is 15.1. The zero-order chi connectivity index (χ0) is 17.5. The summed E-state index contributed by atoms with van der Waals surface area (Å²) in [7, 11) is -0.402. The Balaban J connectivity index is 1.80. The minimum absolute atomic E-state index is 0.120. The van der Waals surface area contributed by atoms with Gasteiger partial charge in [0.15, 0.2) is 0 Å². The molecule has 3 rings (SSSR count). The van der Waals surface area contributed by atoms with Crippen LogP contribution in [0.1, 0.15) is 46.6 Å². The Morgan fingerprint density at radius 2 is 1.88 bits per heavy atom. The molecule has 1 saturated heterocycles. The van der Waals surface area contributed by atoms with E-state index in [1.807, 2.05) is 38.8 Å².